The maximum absolute atomic E-state index is 10.1. The molecular weight excluding hydrogens is 113 g/mol. The van der Waals surface area contributed by atoms with Crippen molar-refractivity contribution in [2.45, 2.75) is 6.42 Å². The number of carboxylic acid groups (broad SMARTS) is 1. The molecule has 0 aromatic carbocycles. The largest absolute Gasteiger partial charge is 1.00 e. The second-order valence-corrected chi connectivity index (χ2v) is 2.01. The Labute approximate surface area is 66.0 Å². The van der Waals surface area contributed by atoms with Crippen LogP contribution in [-0.2, 0) is 4.79 Å². The number of rotatable bonds is 1. The zero-order valence-electron chi connectivity index (χ0n) is 5.52. The van der Waals surface area contributed by atoms with Gasteiger partial charge in [-0.15, -0.1) is 0 Å². The molecule has 1 aliphatic rings. The van der Waals surface area contributed by atoms with Crippen molar-refractivity contribution in [1.82, 2.24) is 5.32 Å². The standard InChI is InChI=1S/C5H9NO2.Li/c7-5(8)4-1-2-6-3-4;/h4,6H,1-3H2,(H,7,8);/q;+1/p-1. The van der Waals surface area contributed by atoms with Gasteiger partial charge in [0.05, 0.1) is 0 Å². The van der Waals surface area contributed by atoms with Crippen molar-refractivity contribution in [2.75, 3.05) is 13.1 Å². The average molecular weight is 121 g/mol. The maximum atomic E-state index is 10.1. The summed E-state index contributed by atoms with van der Waals surface area (Å²) < 4.78 is 0. The number of carbonyl (C=O) groups is 1. The van der Waals surface area contributed by atoms with Gasteiger partial charge in [-0.3, -0.25) is 0 Å². The van der Waals surface area contributed by atoms with Crippen molar-refractivity contribution in [3.8, 4) is 0 Å². The molecule has 1 fully saturated rings. The fourth-order valence-corrected chi connectivity index (χ4v) is 0.856. The van der Waals surface area contributed by atoms with Gasteiger partial charge in [-0.2, -0.15) is 0 Å². The second kappa shape index (κ2) is 3.94. The van der Waals surface area contributed by atoms with Crippen LogP contribution in [0.2, 0.25) is 0 Å². The van der Waals surface area contributed by atoms with Gasteiger partial charge < -0.3 is 15.2 Å². The summed E-state index contributed by atoms with van der Waals surface area (Å²) >= 11 is 0. The number of nitrogens with one attached hydrogen (secondary N) is 1. The van der Waals surface area contributed by atoms with Gasteiger partial charge in [0.25, 0.3) is 0 Å². The van der Waals surface area contributed by atoms with Crippen molar-refractivity contribution in [3.05, 3.63) is 0 Å². The van der Waals surface area contributed by atoms with Crippen LogP contribution >= 0.6 is 0 Å². The Kier molecular flexibility index (Phi) is 3.95. The van der Waals surface area contributed by atoms with Crippen molar-refractivity contribution in [3.63, 3.8) is 0 Å². The second-order valence-electron chi connectivity index (χ2n) is 2.01. The Morgan fingerprint density at radius 3 is 2.56 bits per heavy atom. The molecule has 1 saturated heterocycles. The van der Waals surface area contributed by atoms with E-state index in [1.54, 1.807) is 0 Å². The molecule has 0 bridgehead atoms. The molecule has 0 aromatic rings. The monoisotopic (exact) mass is 121 g/mol. The van der Waals surface area contributed by atoms with E-state index in [2.05, 4.69) is 5.32 Å². The van der Waals surface area contributed by atoms with E-state index in [-0.39, 0.29) is 24.8 Å². The van der Waals surface area contributed by atoms with Crippen molar-refractivity contribution in [1.29, 1.82) is 0 Å². The Hall–Kier alpha value is 0.0274. The van der Waals surface area contributed by atoms with Gasteiger partial charge in [0.2, 0.25) is 0 Å². The minimum absolute atomic E-state index is 0. The molecule has 0 saturated carbocycles. The van der Waals surface area contributed by atoms with E-state index in [1.165, 1.54) is 0 Å². The predicted octanol–water partition coefficient (Wildman–Crippen LogP) is -4.65. The molecule has 1 atom stereocenters. The van der Waals surface area contributed by atoms with Gasteiger partial charge in [-0.25, -0.2) is 0 Å². The van der Waals surface area contributed by atoms with Gasteiger partial charge in [0, 0.05) is 18.4 Å². The number of carboxylic acids is 1. The van der Waals surface area contributed by atoms with Gasteiger partial charge in [-0.05, 0) is 13.0 Å². The Bertz CT molecular complexity index is 101. The number of carbonyl (C=O) groups excluding carboxylic acids is 1. The first-order chi connectivity index (χ1) is 3.80. The summed E-state index contributed by atoms with van der Waals surface area (Å²) in [4.78, 5) is 10.1. The third kappa shape index (κ3) is 2.40. The first-order valence-corrected chi connectivity index (χ1v) is 2.72. The predicted molar refractivity (Wildman–Crippen MR) is 26.0 cm³/mol. The summed E-state index contributed by atoms with van der Waals surface area (Å²) in [6, 6.07) is 0. The molecular formula is C5H8LiNO2. The quantitative estimate of drug-likeness (QED) is 0.355. The molecule has 9 heavy (non-hydrogen) atoms. The maximum Gasteiger partial charge on any atom is 1.00 e. The summed E-state index contributed by atoms with van der Waals surface area (Å²) in [7, 11) is 0. The SMILES string of the molecule is O=C([O-])C1CCNC1.[Li+]. The van der Waals surface area contributed by atoms with Crippen LogP contribution < -0.4 is 29.3 Å². The molecule has 1 unspecified atom stereocenters. The molecule has 0 amide bonds. The van der Waals surface area contributed by atoms with Gasteiger partial charge in [0.1, 0.15) is 0 Å². The number of hydrogen-bond donors (Lipinski definition) is 1. The van der Waals surface area contributed by atoms with Crippen LogP contribution in [0.3, 0.4) is 0 Å². The van der Waals surface area contributed by atoms with Crippen LogP contribution in [0.15, 0.2) is 0 Å². The summed E-state index contributed by atoms with van der Waals surface area (Å²) in [5.41, 5.74) is 0. The van der Waals surface area contributed by atoms with Crippen molar-refractivity contribution < 1.29 is 28.8 Å². The molecule has 0 aromatic heterocycles. The van der Waals surface area contributed by atoms with E-state index >= 15 is 0 Å². The zero-order chi connectivity index (χ0) is 5.98. The van der Waals surface area contributed by atoms with E-state index in [4.69, 9.17) is 0 Å². The van der Waals surface area contributed by atoms with Crippen LogP contribution in [-0.4, -0.2) is 19.1 Å². The minimum atomic E-state index is -0.921. The van der Waals surface area contributed by atoms with Gasteiger partial charge >= 0.3 is 18.9 Å². The molecule has 1 rings (SSSR count). The molecule has 1 heterocycles. The fourth-order valence-electron chi connectivity index (χ4n) is 0.856. The molecule has 3 nitrogen and oxygen atoms in total. The normalized spacial score (nSPS) is 25.1. The summed E-state index contributed by atoms with van der Waals surface area (Å²) in [5, 5.41) is 13.0. The molecule has 4 heteroatoms. The smallest absolute Gasteiger partial charge is 0.550 e. The molecule has 0 spiro atoms. The van der Waals surface area contributed by atoms with Crippen LogP contribution in [0.25, 0.3) is 0 Å². The van der Waals surface area contributed by atoms with Crippen LogP contribution in [0.1, 0.15) is 6.42 Å². The van der Waals surface area contributed by atoms with E-state index in [0.29, 0.717) is 6.54 Å². The summed E-state index contributed by atoms with van der Waals surface area (Å²) in [5.74, 6) is -1.16. The van der Waals surface area contributed by atoms with E-state index in [0.717, 1.165) is 13.0 Å². The molecule has 46 valence electrons. The van der Waals surface area contributed by atoms with Crippen molar-refractivity contribution in [2.24, 2.45) is 5.92 Å². The van der Waals surface area contributed by atoms with Gasteiger partial charge in [-0.1, -0.05) is 0 Å². The van der Waals surface area contributed by atoms with Gasteiger partial charge in [0.15, 0.2) is 0 Å². The van der Waals surface area contributed by atoms with E-state index in [1.807, 2.05) is 0 Å². The molecule has 0 radical (unpaired) electrons. The summed E-state index contributed by atoms with van der Waals surface area (Å²) in [6.45, 7) is 1.40. The Balaban J connectivity index is 0.000000640. The van der Waals surface area contributed by atoms with Crippen LogP contribution in [0, 0.1) is 5.92 Å². The van der Waals surface area contributed by atoms with Crippen LogP contribution in [0.4, 0.5) is 0 Å². The Morgan fingerprint density at radius 1 is 1.67 bits per heavy atom. The fraction of sp³-hybridized carbons (Fsp3) is 0.800. The Morgan fingerprint density at radius 2 is 2.33 bits per heavy atom. The molecule has 1 N–H and O–H groups in total. The molecule has 1 aliphatic heterocycles. The van der Waals surface area contributed by atoms with Crippen molar-refractivity contribution >= 4 is 5.97 Å². The average Bonchev–Trinajstić information content (AvgIpc) is 2.12. The first kappa shape index (κ1) is 9.03. The first-order valence-electron chi connectivity index (χ1n) is 2.72. The third-order valence-corrected chi connectivity index (χ3v) is 1.39. The number of aliphatic carboxylic acids is 1. The van der Waals surface area contributed by atoms with E-state index < -0.39 is 5.97 Å². The summed E-state index contributed by atoms with van der Waals surface area (Å²) in [6.07, 6.45) is 0.725. The third-order valence-electron chi connectivity index (χ3n) is 1.39. The zero-order valence-corrected chi connectivity index (χ0v) is 5.52. The molecule has 0 aliphatic carbocycles. The topological polar surface area (TPSA) is 52.2 Å². The number of hydrogen-bond acceptors (Lipinski definition) is 3. The minimum Gasteiger partial charge on any atom is -0.550 e. The van der Waals surface area contributed by atoms with E-state index in [9.17, 15) is 9.90 Å². The van der Waals surface area contributed by atoms with Crippen LogP contribution in [0.5, 0.6) is 0 Å².